The van der Waals surface area contributed by atoms with Gasteiger partial charge >= 0.3 is 0 Å². The van der Waals surface area contributed by atoms with E-state index in [1.807, 2.05) is 0 Å². The van der Waals surface area contributed by atoms with Crippen molar-refractivity contribution in [2.75, 3.05) is 12.4 Å². The molecule has 114 valence electrons. The van der Waals surface area contributed by atoms with Crippen LogP contribution in [-0.4, -0.2) is 24.0 Å². The van der Waals surface area contributed by atoms with E-state index in [4.69, 9.17) is 16.6 Å². The van der Waals surface area contributed by atoms with Gasteiger partial charge in [-0.15, -0.1) is 0 Å². The van der Waals surface area contributed by atoms with E-state index in [-0.39, 0.29) is 16.8 Å². The summed E-state index contributed by atoms with van der Waals surface area (Å²) >= 11 is 8.18. The topological polar surface area (TPSA) is 83.4 Å². The van der Waals surface area contributed by atoms with Crippen LogP contribution in [-0.2, 0) is 0 Å². The average Bonchev–Trinajstić information content (AvgIpc) is 2.93. The molecule has 0 bridgehead atoms. The lowest BCUT2D eigenvalue weighted by Crippen LogP contribution is -2.34. The molecule has 0 aliphatic carbocycles. The second-order valence-corrected chi connectivity index (χ2v) is 5.36. The Morgan fingerprint density at radius 3 is 2.59 bits per heavy atom. The zero-order valence-electron chi connectivity index (χ0n) is 11.5. The molecule has 0 spiro atoms. The molecular weight excluding hydrogens is 370 g/mol. The van der Waals surface area contributed by atoms with Crippen LogP contribution in [0.25, 0.3) is 0 Å². The van der Waals surface area contributed by atoms with Crippen molar-refractivity contribution >= 4 is 50.8 Å². The van der Waals surface area contributed by atoms with Gasteiger partial charge in [-0.25, -0.2) is 0 Å². The molecule has 6 nitrogen and oxygen atoms in total. The summed E-state index contributed by atoms with van der Waals surface area (Å²) in [6, 6.07) is 9.87. The highest BCUT2D eigenvalue weighted by molar-refractivity contribution is 9.10. The summed E-state index contributed by atoms with van der Waals surface area (Å²) in [7, 11) is 1.55. The second-order valence-electron chi connectivity index (χ2n) is 4.17. The van der Waals surface area contributed by atoms with Crippen LogP contribution >= 0.6 is 28.1 Å². The van der Waals surface area contributed by atoms with Crippen molar-refractivity contribution < 1.29 is 14.0 Å². The molecule has 1 heterocycles. The maximum absolute atomic E-state index is 11.9. The van der Waals surface area contributed by atoms with E-state index in [0.29, 0.717) is 15.9 Å². The first-order valence-corrected chi connectivity index (χ1v) is 7.39. The van der Waals surface area contributed by atoms with Crippen molar-refractivity contribution in [3.63, 3.8) is 0 Å². The van der Waals surface area contributed by atoms with Gasteiger partial charge in [-0.1, -0.05) is 6.07 Å². The zero-order valence-corrected chi connectivity index (χ0v) is 13.9. The summed E-state index contributed by atoms with van der Waals surface area (Å²) in [5.41, 5.74) is 1.07. The number of thiocarbonyl (C=S) groups is 1. The largest absolute Gasteiger partial charge is 0.444 e. The summed E-state index contributed by atoms with van der Waals surface area (Å²) in [5.74, 6) is -0.542. The lowest BCUT2D eigenvalue weighted by atomic mass is 10.2. The molecule has 0 fully saturated rings. The van der Waals surface area contributed by atoms with Gasteiger partial charge < -0.3 is 15.1 Å². The molecule has 22 heavy (non-hydrogen) atoms. The lowest BCUT2D eigenvalue weighted by Gasteiger charge is -2.09. The average molecular weight is 382 g/mol. The number of hydrogen-bond acceptors (Lipinski definition) is 4. The number of halogens is 1. The van der Waals surface area contributed by atoms with Crippen molar-refractivity contribution in [1.29, 1.82) is 0 Å². The number of nitrogens with one attached hydrogen (secondary N) is 3. The Hall–Kier alpha value is -2.19. The molecule has 1 aromatic carbocycles. The van der Waals surface area contributed by atoms with Crippen LogP contribution in [0.2, 0.25) is 0 Å². The van der Waals surface area contributed by atoms with Gasteiger partial charge in [-0.2, -0.15) is 0 Å². The number of hydrogen-bond donors (Lipinski definition) is 3. The fourth-order valence-corrected chi connectivity index (χ4v) is 2.16. The molecule has 2 aromatic rings. The quantitative estimate of drug-likeness (QED) is 0.711. The summed E-state index contributed by atoms with van der Waals surface area (Å²) in [6.07, 6.45) is 0. The van der Waals surface area contributed by atoms with Gasteiger partial charge in [0.25, 0.3) is 11.8 Å². The van der Waals surface area contributed by atoms with Gasteiger partial charge in [0.15, 0.2) is 15.5 Å². The fraction of sp³-hybridized carbons (Fsp3) is 0.0714. The van der Waals surface area contributed by atoms with Crippen LogP contribution in [0.4, 0.5) is 5.69 Å². The third-order valence-corrected chi connectivity index (χ3v) is 3.26. The van der Waals surface area contributed by atoms with Crippen LogP contribution in [0.5, 0.6) is 0 Å². The number of amides is 2. The SMILES string of the molecule is CNC(=O)c1cccc(NC(=S)NC(=O)c2ccc(Br)o2)c1. The van der Waals surface area contributed by atoms with E-state index in [0.717, 1.165) is 0 Å². The Kier molecular flexibility index (Phi) is 5.29. The molecular formula is C14H12BrN3O3S. The van der Waals surface area contributed by atoms with E-state index in [1.54, 1.807) is 37.4 Å². The van der Waals surface area contributed by atoms with Crippen LogP contribution in [0.3, 0.4) is 0 Å². The molecule has 0 saturated carbocycles. The standard InChI is InChI=1S/C14H12BrN3O3S/c1-16-12(19)8-3-2-4-9(7-8)17-14(22)18-13(20)10-5-6-11(15)21-10/h2-7H,1H3,(H,16,19)(H2,17,18,20,22). The monoisotopic (exact) mass is 381 g/mol. The Morgan fingerprint density at radius 2 is 1.95 bits per heavy atom. The first kappa shape index (κ1) is 16.2. The van der Waals surface area contributed by atoms with Crippen molar-refractivity contribution in [2.24, 2.45) is 0 Å². The predicted octanol–water partition coefficient (Wildman–Crippen LogP) is 2.53. The first-order chi connectivity index (χ1) is 10.5. The highest BCUT2D eigenvalue weighted by Crippen LogP contribution is 2.14. The number of furan rings is 1. The van der Waals surface area contributed by atoms with Gasteiger partial charge in [0.05, 0.1) is 0 Å². The molecule has 1 aromatic heterocycles. The number of carbonyl (C=O) groups is 2. The van der Waals surface area contributed by atoms with E-state index in [2.05, 4.69) is 31.9 Å². The Labute approximate surface area is 140 Å². The van der Waals surface area contributed by atoms with E-state index in [9.17, 15) is 9.59 Å². The summed E-state index contributed by atoms with van der Waals surface area (Å²) in [4.78, 5) is 23.4. The highest BCUT2D eigenvalue weighted by atomic mass is 79.9. The van der Waals surface area contributed by atoms with E-state index < -0.39 is 5.91 Å². The third kappa shape index (κ3) is 4.15. The van der Waals surface area contributed by atoms with Crippen molar-refractivity contribution in [3.8, 4) is 0 Å². The zero-order chi connectivity index (χ0) is 16.1. The summed E-state index contributed by atoms with van der Waals surface area (Å²) in [5, 5.41) is 7.96. The van der Waals surface area contributed by atoms with Crippen molar-refractivity contribution in [1.82, 2.24) is 10.6 Å². The predicted molar refractivity (Wildman–Crippen MR) is 89.9 cm³/mol. The molecule has 0 unspecified atom stereocenters. The third-order valence-electron chi connectivity index (χ3n) is 2.63. The van der Waals surface area contributed by atoms with Gasteiger partial charge in [0.1, 0.15) is 0 Å². The molecule has 0 aliphatic heterocycles. The van der Waals surface area contributed by atoms with E-state index in [1.165, 1.54) is 6.07 Å². The van der Waals surface area contributed by atoms with Crippen molar-refractivity contribution in [3.05, 3.63) is 52.4 Å². The maximum Gasteiger partial charge on any atom is 0.293 e. The molecule has 3 N–H and O–H groups in total. The smallest absolute Gasteiger partial charge is 0.293 e. The van der Waals surface area contributed by atoms with Gasteiger partial charge in [-0.05, 0) is 58.5 Å². The Balaban J connectivity index is 2.00. The summed E-state index contributed by atoms with van der Waals surface area (Å²) < 4.78 is 5.58. The van der Waals surface area contributed by atoms with Crippen LogP contribution in [0.1, 0.15) is 20.9 Å². The normalized spacial score (nSPS) is 9.91. The number of benzene rings is 1. The highest BCUT2D eigenvalue weighted by Gasteiger charge is 2.12. The lowest BCUT2D eigenvalue weighted by molar-refractivity contribution is 0.0945. The maximum atomic E-state index is 11.9. The fourth-order valence-electron chi connectivity index (χ4n) is 1.65. The Morgan fingerprint density at radius 1 is 1.18 bits per heavy atom. The minimum absolute atomic E-state index is 0.103. The Bertz CT molecular complexity index is 730. The molecule has 0 radical (unpaired) electrons. The minimum atomic E-state index is -0.467. The van der Waals surface area contributed by atoms with Gasteiger partial charge in [-0.3, -0.25) is 14.9 Å². The van der Waals surface area contributed by atoms with Crippen LogP contribution in [0, 0.1) is 0 Å². The van der Waals surface area contributed by atoms with Crippen molar-refractivity contribution in [2.45, 2.75) is 0 Å². The summed E-state index contributed by atoms with van der Waals surface area (Å²) in [6.45, 7) is 0. The molecule has 0 saturated heterocycles. The molecule has 0 aliphatic rings. The van der Waals surface area contributed by atoms with Crippen LogP contribution < -0.4 is 16.0 Å². The number of carbonyl (C=O) groups excluding carboxylic acids is 2. The molecule has 8 heteroatoms. The molecule has 2 amide bonds. The van der Waals surface area contributed by atoms with E-state index >= 15 is 0 Å². The van der Waals surface area contributed by atoms with Gasteiger partial charge in [0.2, 0.25) is 0 Å². The van der Waals surface area contributed by atoms with Gasteiger partial charge in [0, 0.05) is 18.3 Å². The number of rotatable bonds is 3. The number of anilines is 1. The first-order valence-electron chi connectivity index (χ1n) is 6.19. The second kappa shape index (κ2) is 7.19. The molecule has 0 atom stereocenters. The minimum Gasteiger partial charge on any atom is -0.444 e. The van der Waals surface area contributed by atoms with Crippen LogP contribution in [0.15, 0.2) is 45.5 Å². The molecule has 2 rings (SSSR count).